The molecule has 0 spiro atoms. The summed E-state index contributed by atoms with van der Waals surface area (Å²) >= 11 is 3.17. The largest absolute Gasteiger partial charge is 0.350 e. The smallest absolute Gasteiger partial charge is 0.332 e. The Bertz CT molecular complexity index is 420. The number of hydrazone groups is 1. The van der Waals surface area contributed by atoms with Crippen LogP contribution in [-0.2, 0) is 0 Å². The molecule has 1 aromatic carbocycles. The van der Waals surface area contributed by atoms with Gasteiger partial charge >= 0.3 is 6.03 Å². The van der Waals surface area contributed by atoms with Gasteiger partial charge < -0.3 is 5.73 Å². The predicted octanol–water partition coefficient (Wildman–Crippen LogP) is 1.90. The number of nitrogens with zero attached hydrogens (tertiary/aromatic N) is 1. The van der Waals surface area contributed by atoms with Crippen LogP contribution in [0.5, 0.6) is 0 Å². The number of halogens is 2. The first-order valence-corrected chi connectivity index (χ1v) is 4.84. The Balaban J connectivity index is 2.90. The van der Waals surface area contributed by atoms with Crippen LogP contribution in [0.1, 0.15) is 11.1 Å². The van der Waals surface area contributed by atoms with Crippen LogP contribution >= 0.6 is 15.9 Å². The fraction of sp³-hybridized carbons (Fsp3) is 0.111. The third kappa shape index (κ3) is 3.32. The van der Waals surface area contributed by atoms with Gasteiger partial charge in [-0.05, 0) is 24.6 Å². The average molecular weight is 274 g/mol. The van der Waals surface area contributed by atoms with Gasteiger partial charge in [0.15, 0.2) is 0 Å². The number of rotatable bonds is 2. The fourth-order valence-corrected chi connectivity index (χ4v) is 1.36. The highest BCUT2D eigenvalue weighted by atomic mass is 79.9. The molecule has 0 saturated heterocycles. The second-order valence-corrected chi connectivity index (χ2v) is 3.71. The minimum Gasteiger partial charge on any atom is -0.350 e. The Morgan fingerprint density at radius 1 is 1.67 bits per heavy atom. The molecule has 0 bridgehead atoms. The molecule has 0 aliphatic heterocycles. The van der Waals surface area contributed by atoms with Crippen LogP contribution < -0.4 is 11.2 Å². The zero-order valence-corrected chi connectivity index (χ0v) is 9.51. The van der Waals surface area contributed by atoms with Crippen molar-refractivity contribution in [2.45, 2.75) is 6.92 Å². The molecule has 80 valence electrons. The van der Waals surface area contributed by atoms with E-state index in [9.17, 15) is 9.18 Å². The highest BCUT2D eigenvalue weighted by Gasteiger charge is 2.03. The highest BCUT2D eigenvalue weighted by molar-refractivity contribution is 9.10. The van der Waals surface area contributed by atoms with E-state index in [0.29, 0.717) is 15.6 Å². The number of amides is 2. The van der Waals surface area contributed by atoms with Crippen LogP contribution in [0.2, 0.25) is 0 Å². The molecule has 0 aliphatic carbocycles. The van der Waals surface area contributed by atoms with Gasteiger partial charge in [0.25, 0.3) is 0 Å². The van der Waals surface area contributed by atoms with Gasteiger partial charge in [0.2, 0.25) is 0 Å². The molecule has 0 aliphatic rings. The van der Waals surface area contributed by atoms with Crippen molar-refractivity contribution in [3.05, 3.63) is 33.5 Å². The fourth-order valence-electron chi connectivity index (χ4n) is 0.944. The molecule has 0 aromatic heterocycles. The normalized spacial score (nSPS) is 10.6. The van der Waals surface area contributed by atoms with Crippen molar-refractivity contribution in [3.8, 4) is 0 Å². The number of aryl methyl sites for hydroxylation is 1. The van der Waals surface area contributed by atoms with Gasteiger partial charge in [0, 0.05) is 10.0 Å². The number of hydrogen-bond donors (Lipinski definition) is 2. The lowest BCUT2D eigenvalue weighted by atomic mass is 10.1. The molecular formula is C9H9BrFN3O. The summed E-state index contributed by atoms with van der Waals surface area (Å²) in [4.78, 5) is 10.3. The maximum Gasteiger partial charge on any atom is 0.332 e. The molecular weight excluding hydrogens is 265 g/mol. The molecule has 0 saturated carbocycles. The van der Waals surface area contributed by atoms with Gasteiger partial charge in [0.05, 0.1) is 6.21 Å². The summed E-state index contributed by atoms with van der Waals surface area (Å²) < 4.78 is 13.6. The van der Waals surface area contributed by atoms with E-state index in [4.69, 9.17) is 5.73 Å². The monoisotopic (exact) mass is 273 g/mol. The molecule has 0 unspecified atom stereocenters. The van der Waals surface area contributed by atoms with Gasteiger partial charge in [0.1, 0.15) is 5.82 Å². The molecule has 0 radical (unpaired) electrons. The van der Waals surface area contributed by atoms with E-state index in [-0.39, 0.29) is 5.82 Å². The number of nitrogens with two attached hydrogens (primary N) is 1. The van der Waals surface area contributed by atoms with Crippen molar-refractivity contribution >= 4 is 28.2 Å². The van der Waals surface area contributed by atoms with Crippen LogP contribution in [0.15, 0.2) is 21.7 Å². The third-order valence-electron chi connectivity index (χ3n) is 1.66. The van der Waals surface area contributed by atoms with E-state index in [1.54, 1.807) is 13.0 Å². The maximum absolute atomic E-state index is 13.0. The van der Waals surface area contributed by atoms with E-state index in [1.165, 1.54) is 12.3 Å². The summed E-state index contributed by atoms with van der Waals surface area (Å²) in [6.07, 6.45) is 1.38. The number of carbonyl (C=O) groups excluding carboxylic acids is 1. The lowest BCUT2D eigenvalue weighted by molar-refractivity contribution is 0.249. The Morgan fingerprint density at radius 2 is 2.33 bits per heavy atom. The molecule has 4 nitrogen and oxygen atoms in total. The zero-order chi connectivity index (χ0) is 11.4. The molecule has 1 rings (SSSR count). The SMILES string of the molecule is Cc1cc(C=NNC(N)=O)c(Br)cc1F. The number of benzene rings is 1. The Morgan fingerprint density at radius 3 is 2.93 bits per heavy atom. The molecule has 0 heterocycles. The first kappa shape index (κ1) is 11.6. The van der Waals surface area contributed by atoms with Crippen LogP contribution in [-0.4, -0.2) is 12.2 Å². The third-order valence-corrected chi connectivity index (χ3v) is 2.34. The van der Waals surface area contributed by atoms with Crippen LogP contribution in [0.25, 0.3) is 0 Å². The topological polar surface area (TPSA) is 67.5 Å². The molecule has 0 atom stereocenters. The summed E-state index contributed by atoms with van der Waals surface area (Å²) in [6, 6.07) is 2.19. The van der Waals surface area contributed by atoms with Gasteiger partial charge in [-0.2, -0.15) is 5.10 Å². The molecule has 6 heteroatoms. The maximum atomic E-state index is 13.0. The van der Waals surface area contributed by atoms with Crippen LogP contribution in [0.4, 0.5) is 9.18 Å². The second-order valence-electron chi connectivity index (χ2n) is 2.86. The van der Waals surface area contributed by atoms with E-state index >= 15 is 0 Å². The van der Waals surface area contributed by atoms with Gasteiger partial charge in [-0.1, -0.05) is 15.9 Å². The van der Waals surface area contributed by atoms with Crippen molar-refractivity contribution in [1.82, 2.24) is 5.43 Å². The Hall–Kier alpha value is -1.43. The van der Waals surface area contributed by atoms with Gasteiger partial charge in [-0.3, -0.25) is 0 Å². The quantitative estimate of drug-likeness (QED) is 0.627. The van der Waals surface area contributed by atoms with Gasteiger partial charge in [-0.15, -0.1) is 0 Å². The first-order chi connectivity index (χ1) is 7.00. The number of carbonyl (C=O) groups is 1. The zero-order valence-electron chi connectivity index (χ0n) is 7.92. The van der Waals surface area contributed by atoms with Gasteiger partial charge in [-0.25, -0.2) is 14.6 Å². The molecule has 2 amide bonds. The van der Waals surface area contributed by atoms with Crippen molar-refractivity contribution in [1.29, 1.82) is 0 Å². The minimum atomic E-state index is -0.749. The average Bonchev–Trinajstić information content (AvgIpc) is 2.13. The lowest BCUT2D eigenvalue weighted by Crippen LogP contribution is -2.24. The van der Waals surface area contributed by atoms with Crippen molar-refractivity contribution < 1.29 is 9.18 Å². The summed E-state index contributed by atoms with van der Waals surface area (Å²) in [7, 11) is 0. The molecule has 1 aromatic rings. The predicted molar refractivity (Wildman–Crippen MR) is 59.2 cm³/mol. The number of urea groups is 1. The second kappa shape index (κ2) is 4.88. The summed E-state index contributed by atoms with van der Waals surface area (Å²) in [6.45, 7) is 1.64. The summed E-state index contributed by atoms with van der Waals surface area (Å²) in [5.41, 5.74) is 8.02. The van der Waals surface area contributed by atoms with E-state index < -0.39 is 6.03 Å². The summed E-state index contributed by atoms with van der Waals surface area (Å²) in [5, 5.41) is 3.57. The van der Waals surface area contributed by atoms with E-state index in [0.717, 1.165) is 0 Å². The van der Waals surface area contributed by atoms with E-state index in [2.05, 4.69) is 21.0 Å². The first-order valence-electron chi connectivity index (χ1n) is 4.05. The summed E-state index contributed by atoms with van der Waals surface area (Å²) in [5.74, 6) is -0.304. The highest BCUT2D eigenvalue weighted by Crippen LogP contribution is 2.19. The van der Waals surface area contributed by atoms with Crippen molar-refractivity contribution in [2.75, 3.05) is 0 Å². The van der Waals surface area contributed by atoms with Crippen LogP contribution in [0.3, 0.4) is 0 Å². The lowest BCUT2D eigenvalue weighted by Gasteiger charge is -2.01. The van der Waals surface area contributed by atoms with Crippen molar-refractivity contribution in [3.63, 3.8) is 0 Å². The van der Waals surface area contributed by atoms with E-state index in [1.807, 2.05) is 5.43 Å². The Kier molecular flexibility index (Phi) is 3.79. The molecule has 15 heavy (non-hydrogen) atoms. The molecule has 3 N–H and O–H groups in total. The van der Waals surface area contributed by atoms with Crippen molar-refractivity contribution in [2.24, 2.45) is 10.8 Å². The minimum absolute atomic E-state index is 0.304. The Labute approximate surface area is 94.5 Å². The molecule has 0 fully saturated rings. The van der Waals surface area contributed by atoms with Crippen LogP contribution in [0, 0.1) is 12.7 Å². The number of nitrogens with one attached hydrogen (secondary N) is 1. The number of hydrogen-bond acceptors (Lipinski definition) is 2. The standard InChI is InChI=1S/C9H9BrFN3O/c1-5-2-6(4-13-14-9(12)15)7(10)3-8(5)11/h2-4H,1H3,(H3,12,14,15). The number of primary amides is 1.